The lowest BCUT2D eigenvalue weighted by Crippen LogP contribution is -2.30. The topological polar surface area (TPSA) is 107 Å². The second-order valence-electron chi connectivity index (χ2n) is 6.86. The molecule has 0 bridgehead atoms. The minimum Gasteiger partial charge on any atom is -0.423 e. The maximum Gasteiger partial charge on any atom is 0.343 e. The molecule has 0 unspecified atom stereocenters. The summed E-state index contributed by atoms with van der Waals surface area (Å²) >= 11 is 0. The molecule has 8 nitrogen and oxygen atoms in total. The molecule has 2 amide bonds. The Balaban J connectivity index is 1.47. The SMILES string of the molecule is O=C(Oc1ccc(N2C(=O)[C@H]3CC=CC[C@@H]3C2=O)cc1)c1ccc([N+](=O)[O-])cc1. The van der Waals surface area contributed by atoms with Crippen LogP contribution in [-0.4, -0.2) is 22.7 Å². The summed E-state index contributed by atoms with van der Waals surface area (Å²) in [6.07, 6.45) is 4.99. The van der Waals surface area contributed by atoms with Crippen LogP contribution in [0.25, 0.3) is 0 Å². The highest BCUT2D eigenvalue weighted by Gasteiger charge is 2.47. The molecule has 0 spiro atoms. The number of benzene rings is 2. The highest BCUT2D eigenvalue weighted by Crippen LogP contribution is 2.38. The van der Waals surface area contributed by atoms with Crippen molar-refractivity contribution in [2.24, 2.45) is 11.8 Å². The second-order valence-corrected chi connectivity index (χ2v) is 6.86. The van der Waals surface area contributed by atoms with E-state index in [-0.39, 0.29) is 40.7 Å². The van der Waals surface area contributed by atoms with Gasteiger partial charge in [0.1, 0.15) is 5.75 Å². The normalized spacial score (nSPS) is 20.5. The first-order valence-electron chi connectivity index (χ1n) is 9.05. The highest BCUT2D eigenvalue weighted by molar-refractivity contribution is 6.22. The van der Waals surface area contributed by atoms with Gasteiger partial charge in [0.05, 0.1) is 28.0 Å². The number of fused-ring (bicyclic) bond motifs is 1. The van der Waals surface area contributed by atoms with Crippen LogP contribution in [0.2, 0.25) is 0 Å². The van der Waals surface area contributed by atoms with Gasteiger partial charge in [-0.2, -0.15) is 0 Å². The van der Waals surface area contributed by atoms with Gasteiger partial charge in [-0.3, -0.25) is 24.6 Å². The van der Waals surface area contributed by atoms with Crippen molar-refractivity contribution in [3.8, 4) is 5.75 Å². The minimum absolute atomic E-state index is 0.124. The molecular weight excluding hydrogens is 376 g/mol. The van der Waals surface area contributed by atoms with Crippen molar-refractivity contribution in [2.75, 3.05) is 4.90 Å². The number of amides is 2. The Bertz CT molecular complexity index is 1000. The number of allylic oxidation sites excluding steroid dienone is 2. The van der Waals surface area contributed by atoms with E-state index in [4.69, 9.17) is 4.74 Å². The van der Waals surface area contributed by atoms with Gasteiger partial charge in [0.15, 0.2) is 0 Å². The fourth-order valence-corrected chi connectivity index (χ4v) is 3.60. The molecule has 0 saturated carbocycles. The summed E-state index contributed by atoms with van der Waals surface area (Å²) in [6, 6.07) is 11.2. The van der Waals surface area contributed by atoms with Crippen molar-refractivity contribution >= 4 is 29.2 Å². The number of imide groups is 1. The predicted octanol–water partition coefficient (Wildman–Crippen LogP) is 3.27. The van der Waals surface area contributed by atoms with Crippen molar-refractivity contribution in [3.63, 3.8) is 0 Å². The first-order valence-corrected chi connectivity index (χ1v) is 9.05. The number of rotatable bonds is 4. The van der Waals surface area contributed by atoms with E-state index in [1.807, 2.05) is 12.2 Å². The average molecular weight is 392 g/mol. The summed E-state index contributed by atoms with van der Waals surface area (Å²) in [6.45, 7) is 0. The molecule has 8 heteroatoms. The van der Waals surface area contributed by atoms with Crippen LogP contribution in [0, 0.1) is 22.0 Å². The van der Waals surface area contributed by atoms with Crippen LogP contribution in [0.15, 0.2) is 60.7 Å². The number of nitro benzene ring substituents is 1. The smallest absolute Gasteiger partial charge is 0.343 e. The number of esters is 1. The zero-order valence-corrected chi connectivity index (χ0v) is 15.2. The third-order valence-electron chi connectivity index (χ3n) is 5.13. The van der Waals surface area contributed by atoms with Crippen molar-refractivity contribution in [2.45, 2.75) is 12.8 Å². The number of hydrogen-bond acceptors (Lipinski definition) is 6. The van der Waals surface area contributed by atoms with Gasteiger partial charge < -0.3 is 4.74 Å². The summed E-state index contributed by atoms with van der Waals surface area (Å²) in [7, 11) is 0. The molecule has 2 aromatic rings. The highest BCUT2D eigenvalue weighted by atomic mass is 16.6. The summed E-state index contributed by atoms with van der Waals surface area (Å²) < 4.78 is 5.26. The van der Waals surface area contributed by atoms with Crippen LogP contribution in [0.3, 0.4) is 0 Å². The molecule has 0 radical (unpaired) electrons. The quantitative estimate of drug-likeness (QED) is 0.197. The molecule has 0 N–H and O–H groups in total. The third-order valence-corrected chi connectivity index (χ3v) is 5.13. The number of nitro groups is 1. The van der Waals surface area contributed by atoms with E-state index in [2.05, 4.69) is 0 Å². The number of carbonyl (C=O) groups excluding carboxylic acids is 3. The number of nitrogens with zero attached hydrogens (tertiary/aromatic N) is 2. The van der Waals surface area contributed by atoms with Crippen LogP contribution in [0.1, 0.15) is 23.2 Å². The molecule has 0 aromatic heterocycles. The number of anilines is 1. The van der Waals surface area contributed by atoms with Gasteiger partial charge >= 0.3 is 5.97 Å². The Morgan fingerprint density at radius 2 is 1.48 bits per heavy atom. The maximum atomic E-state index is 12.6. The van der Waals surface area contributed by atoms with E-state index in [1.165, 1.54) is 41.3 Å². The van der Waals surface area contributed by atoms with E-state index in [1.54, 1.807) is 12.1 Å². The van der Waals surface area contributed by atoms with E-state index in [9.17, 15) is 24.5 Å². The van der Waals surface area contributed by atoms with Crippen LogP contribution < -0.4 is 9.64 Å². The zero-order chi connectivity index (χ0) is 20.5. The van der Waals surface area contributed by atoms with Gasteiger partial charge in [-0.1, -0.05) is 12.2 Å². The van der Waals surface area contributed by atoms with E-state index < -0.39 is 10.9 Å². The fraction of sp³-hybridized carbons (Fsp3) is 0.190. The molecule has 1 heterocycles. The van der Waals surface area contributed by atoms with Crippen LogP contribution >= 0.6 is 0 Å². The second kappa shape index (κ2) is 7.31. The van der Waals surface area contributed by atoms with Crippen molar-refractivity contribution < 1.29 is 24.0 Å². The number of non-ortho nitro benzene ring substituents is 1. The van der Waals surface area contributed by atoms with Gasteiger partial charge in [0.2, 0.25) is 11.8 Å². The Morgan fingerprint density at radius 3 is 2.00 bits per heavy atom. The van der Waals surface area contributed by atoms with Crippen molar-refractivity contribution in [1.82, 2.24) is 0 Å². The largest absolute Gasteiger partial charge is 0.423 e. The first-order chi connectivity index (χ1) is 14.0. The first kappa shape index (κ1) is 18.5. The standard InChI is InChI=1S/C21H16N2O6/c24-19-17-3-1-2-4-18(17)20(25)22(19)14-9-11-16(12-10-14)29-21(26)13-5-7-15(8-6-13)23(27)28/h1-2,5-12,17-18H,3-4H2/t17-,18-/m0/s1. The van der Waals surface area contributed by atoms with Crippen LogP contribution in [-0.2, 0) is 9.59 Å². The average Bonchev–Trinajstić information content (AvgIpc) is 2.99. The Morgan fingerprint density at radius 1 is 0.931 bits per heavy atom. The van der Waals surface area contributed by atoms with Gasteiger partial charge in [-0.25, -0.2) is 4.79 Å². The van der Waals surface area contributed by atoms with Crippen LogP contribution in [0.4, 0.5) is 11.4 Å². The molecule has 1 fully saturated rings. The summed E-state index contributed by atoms with van der Waals surface area (Å²) in [4.78, 5) is 48.7. The molecule has 29 heavy (non-hydrogen) atoms. The Hall–Kier alpha value is -3.81. The van der Waals surface area contributed by atoms with Gasteiger partial charge in [-0.15, -0.1) is 0 Å². The monoisotopic (exact) mass is 392 g/mol. The van der Waals surface area contributed by atoms with E-state index in [0.717, 1.165) is 0 Å². The molecule has 4 rings (SSSR count). The molecule has 146 valence electrons. The molecule has 1 aliphatic carbocycles. The van der Waals surface area contributed by atoms with E-state index in [0.29, 0.717) is 18.5 Å². The summed E-state index contributed by atoms with van der Waals surface area (Å²) in [5.41, 5.74) is 0.479. The van der Waals surface area contributed by atoms with Gasteiger partial charge in [0.25, 0.3) is 5.69 Å². The van der Waals surface area contributed by atoms with Crippen LogP contribution in [0.5, 0.6) is 5.75 Å². The third kappa shape index (κ3) is 3.40. The Kier molecular flexibility index (Phi) is 4.67. The lowest BCUT2D eigenvalue weighted by atomic mass is 9.85. The number of carbonyl (C=O) groups is 3. The minimum atomic E-state index is -0.668. The zero-order valence-electron chi connectivity index (χ0n) is 15.2. The fourth-order valence-electron chi connectivity index (χ4n) is 3.60. The molecule has 1 aliphatic heterocycles. The van der Waals surface area contributed by atoms with Crippen molar-refractivity contribution in [3.05, 3.63) is 76.4 Å². The number of ether oxygens (including phenoxy) is 1. The van der Waals surface area contributed by atoms with E-state index >= 15 is 0 Å². The predicted molar refractivity (Wildman–Crippen MR) is 102 cm³/mol. The van der Waals surface area contributed by atoms with Gasteiger partial charge in [0, 0.05) is 12.1 Å². The summed E-state index contributed by atoms with van der Waals surface area (Å²) in [5, 5.41) is 10.7. The molecule has 1 saturated heterocycles. The number of hydrogen-bond donors (Lipinski definition) is 0. The molecule has 2 atom stereocenters. The van der Waals surface area contributed by atoms with Gasteiger partial charge in [-0.05, 0) is 49.2 Å². The molecule has 2 aliphatic rings. The Labute approximate surface area is 165 Å². The lowest BCUT2D eigenvalue weighted by Gasteiger charge is -2.15. The lowest BCUT2D eigenvalue weighted by molar-refractivity contribution is -0.384. The molecule has 2 aromatic carbocycles. The van der Waals surface area contributed by atoms with Crippen molar-refractivity contribution in [1.29, 1.82) is 0 Å². The molecular formula is C21H16N2O6. The summed E-state index contributed by atoms with van der Waals surface area (Å²) in [5.74, 6) is -1.48. The maximum absolute atomic E-state index is 12.6.